The highest BCUT2D eigenvalue weighted by Gasteiger charge is 2.38. The van der Waals surface area contributed by atoms with Crippen LogP contribution in [0.3, 0.4) is 0 Å². The van der Waals surface area contributed by atoms with Crippen LogP contribution in [0, 0.1) is 0 Å². The summed E-state index contributed by atoms with van der Waals surface area (Å²) in [5, 5.41) is 0. The molecule has 3 rings (SSSR count). The van der Waals surface area contributed by atoms with Crippen LogP contribution in [0.25, 0.3) is 0 Å². The summed E-state index contributed by atoms with van der Waals surface area (Å²) in [6.45, 7) is 1.82. The van der Waals surface area contributed by atoms with Crippen molar-refractivity contribution in [2.75, 3.05) is 5.75 Å². The van der Waals surface area contributed by atoms with Gasteiger partial charge in [-0.3, -0.25) is 4.98 Å². The molecule has 1 aromatic carbocycles. The molecule has 1 aliphatic carbocycles. The molecule has 1 fully saturated rings. The van der Waals surface area contributed by atoms with E-state index in [2.05, 4.69) is 4.98 Å². The molecule has 1 saturated carbocycles. The zero-order chi connectivity index (χ0) is 18.1. The van der Waals surface area contributed by atoms with Crippen molar-refractivity contribution in [3.63, 3.8) is 0 Å². The Morgan fingerprint density at radius 2 is 1.68 bits per heavy atom. The zero-order valence-electron chi connectivity index (χ0n) is 13.9. The highest BCUT2D eigenvalue weighted by Crippen LogP contribution is 2.33. The molecule has 1 heterocycles. The highest BCUT2D eigenvalue weighted by molar-refractivity contribution is 7.91. The Morgan fingerprint density at radius 3 is 2.20 bits per heavy atom. The summed E-state index contributed by atoms with van der Waals surface area (Å²) >= 11 is 0. The first-order chi connectivity index (χ1) is 11.8. The molecule has 2 aromatic rings. The van der Waals surface area contributed by atoms with Crippen LogP contribution in [0.15, 0.2) is 58.6 Å². The van der Waals surface area contributed by atoms with E-state index in [1.165, 1.54) is 28.6 Å². The van der Waals surface area contributed by atoms with Crippen molar-refractivity contribution in [2.45, 2.75) is 42.1 Å². The number of sulfonamides is 1. The fraction of sp³-hybridized carbons (Fsp3) is 0.353. The zero-order valence-corrected chi connectivity index (χ0v) is 15.5. The van der Waals surface area contributed by atoms with E-state index in [1.54, 1.807) is 25.4 Å². The molecule has 134 valence electrons. The van der Waals surface area contributed by atoms with Crippen LogP contribution < -0.4 is 0 Å². The van der Waals surface area contributed by atoms with Gasteiger partial charge in [0.1, 0.15) is 0 Å². The van der Waals surface area contributed by atoms with Gasteiger partial charge in [-0.05, 0) is 48.7 Å². The van der Waals surface area contributed by atoms with Gasteiger partial charge in [-0.15, -0.1) is 0 Å². The van der Waals surface area contributed by atoms with E-state index in [4.69, 9.17) is 0 Å². The Labute approximate surface area is 148 Å². The summed E-state index contributed by atoms with van der Waals surface area (Å²) in [6.07, 6.45) is 4.97. The average Bonchev–Trinajstić information content (AvgIpc) is 3.45. The molecule has 0 amide bonds. The number of sulfone groups is 1. The van der Waals surface area contributed by atoms with E-state index in [1.807, 2.05) is 6.07 Å². The summed E-state index contributed by atoms with van der Waals surface area (Å²) in [6, 6.07) is 9.07. The van der Waals surface area contributed by atoms with Gasteiger partial charge >= 0.3 is 0 Å². The SMILES string of the molecule is CCS(=O)(=O)c1ccc(S(=O)(=O)N(Cc2cccnc2)C2CC2)cc1. The lowest BCUT2D eigenvalue weighted by Gasteiger charge is -2.22. The second kappa shape index (κ2) is 6.86. The van der Waals surface area contributed by atoms with Crippen LogP contribution in [0.5, 0.6) is 0 Å². The minimum Gasteiger partial charge on any atom is -0.264 e. The minimum absolute atomic E-state index is 0.00995. The standard InChI is InChI=1S/C17H20N2O4S2/c1-2-24(20,21)16-7-9-17(10-8-16)25(22,23)19(15-5-6-15)13-14-4-3-11-18-12-14/h3-4,7-12,15H,2,5-6,13H2,1H3. The maximum absolute atomic E-state index is 13.0. The van der Waals surface area contributed by atoms with Crippen LogP contribution in [0.4, 0.5) is 0 Å². The van der Waals surface area contributed by atoms with Gasteiger partial charge in [-0.2, -0.15) is 4.31 Å². The van der Waals surface area contributed by atoms with Gasteiger partial charge in [0.2, 0.25) is 10.0 Å². The van der Waals surface area contributed by atoms with E-state index >= 15 is 0 Å². The van der Waals surface area contributed by atoms with Gasteiger partial charge in [0.15, 0.2) is 9.84 Å². The first-order valence-electron chi connectivity index (χ1n) is 8.08. The van der Waals surface area contributed by atoms with Crippen LogP contribution >= 0.6 is 0 Å². The Balaban J connectivity index is 1.90. The Bertz CT molecular complexity index is 936. The minimum atomic E-state index is -3.69. The maximum Gasteiger partial charge on any atom is 0.243 e. The number of nitrogens with zero attached hydrogens (tertiary/aromatic N) is 2. The summed E-state index contributed by atoms with van der Waals surface area (Å²) in [4.78, 5) is 4.28. The molecule has 0 unspecified atom stereocenters. The van der Waals surface area contributed by atoms with Crippen molar-refractivity contribution in [3.8, 4) is 0 Å². The molecule has 0 N–H and O–H groups in total. The van der Waals surface area contributed by atoms with E-state index in [9.17, 15) is 16.8 Å². The molecular formula is C17H20N2O4S2. The van der Waals surface area contributed by atoms with E-state index in [0.717, 1.165) is 18.4 Å². The number of pyridine rings is 1. The lowest BCUT2D eigenvalue weighted by atomic mass is 10.3. The smallest absolute Gasteiger partial charge is 0.243 e. The molecule has 6 nitrogen and oxygen atoms in total. The Morgan fingerprint density at radius 1 is 1.04 bits per heavy atom. The first-order valence-corrected chi connectivity index (χ1v) is 11.2. The monoisotopic (exact) mass is 380 g/mol. The van der Waals surface area contributed by atoms with Gasteiger partial charge in [0.05, 0.1) is 15.5 Å². The third-order valence-corrected chi connectivity index (χ3v) is 7.85. The quantitative estimate of drug-likeness (QED) is 0.735. The van der Waals surface area contributed by atoms with E-state index in [0.29, 0.717) is 0 Å². The predicted molar refractivity (Wildman–Crippen MR) is 94.2 cm³/mol. The van der Waals surface area contributed by atoms with Crippen molar-refractivity contribution < 1.29 is 16.8 Å². The molecule has 0 bridgehead atoms. The molecule has 1 aromatic heterocycles. The van der Waals surface area contributed by atoms with Crippen molar-refractivity contribution in [1.82, 2.24) is 9.29 Å². The van der Waals surface area contributed by atoms with Gasteiger partial charge < -0.3 is 0 Å². The van der Waals surface area contributed by atoms with Crippen LogP contribution in [-0.4, -0.2) is 37.9 Å². The highest BCUT2D eigenvalue weighted by atomic mass is 32.2. The fourth-order valence-corrected chi connectivity index (χ4v) is 5.12. The van der Waals surface area contributed by atoms with Crippen molar-refractivity contribution in [1.29, 1.82) is 0 Å². The third-order valence-electron chi connectivity index (χ3n) is 4.18. The largest absolute Gasteiger partial charge is 0.264 e. The lowest BCUT2D eigenvalue weighted by Crippen LogP contribution is -2.32. The van der Waals surface area contributed by atoms with Crippen molar-refractivity contribution in [2.24, 2.45) is 0 Å². The molecule has 0 spiro atoms. The summed E-state index contributed by atoms with van der Waals surface area (Å²) in [7, 11) is -7.04. The van der Waals surface area contributed by atoms with Crippen molar-refractivity contribution >= 4 is 19.9 Å². The first kappa shape index (κ1) is 18.0. The van der Waals surface area contributed by atoms with Crippen molar-refractivity contribution in [3.05, 3.63) is 54.4 Å². The van der Waals surface area contributed by atoms with Gasteiger partial charge in [0.25, 0.3) is 0 Å². The molecule has 0 aliphatic heterocycles. The van der Waals surface area contributed by atoms with Crippen LogP contribution in [-0.2, 0) is 26.4 Å². The molecule has 8 heteroatoms. The normalized spacial score (nSPS) is 15.4. The summed E-state index contributed by atoms with van der Waals surface area (Å²) < 4.78 is 51.3. The summed E-state index contributed by atoms with van der Waals surface area (Å²) in [5.74, 6) is -0.0195. The molecule has 1 aliphatic rings. The van der Waals surface area contributed by atoms with E-state index in [-0.39, 0.29) is 28.1 Å². The number of hydrogen-bond donors (Lipinski definition) is 0. The molecule has 0 radical (unpaired) electrons. The molecule has 0 saturated heterocycles. The molecule has 0 atom stereocenters. The number of hydrogen-bond acceptors (Lipinski definition) is 5. The average molecular weight is 380 g/mol. The molecule has 25 heavy (non-hydrogen) atoms. The Kier molecular flexibility index (Phi) is 4.95. The van der Waals surface area contributed by atoms with Crippen LogP contribution in [0.1, 0.15) is 25.3 Å². The van der Waals surface area contributed by atoms with Crippen LogP contribution in [0.2, 0.25) is 0 Å². The topological polar surface area (TPSA) is 84.4 Å². The maximum atomic E-state index is 13.0. The second-order valence-electron chi connectivity index (χ2n) is 6.02. The third kappa shape index (κ3) is 3.91. The number of aromatic nitrogens is 1. The van der Waals surface area contributed by atoms with Gasteiger partial charge in [-0.25, -0.2) is 16.8 Å². The number of rotatable bonds is 7. The lowest BCUT2D eigenvalue weighted by molar-refractivity contribution is 0.398. The fourth-order valence-electron chi connectivity index (χ4n) is 2.57. The predicted octanol–water partition coefficient (Wildman–Crippen LogP) is 2.23. The molecular weight excluding hydrogens is 360 g/mol. The van der Waals surface area contributed by atoms with E-state index < -0.39 is 19.9 Å². The Hall–Kier alpha value is -1.77. The van der Waals surface area contributed by atoms with Gasteiger partial charge in [0, 0.05) is 25.0 Å². The summed E-state index contributed by atoms with van der Waals surface area (Å²) in [5.41, 5.74) is 0.822. The second-order valence-corrected chi connectivity index (χ2v) is 10.2. The number of benzene rings is 1. The van der Waals surface area contributed by atoms with Gasteiger partial charge in [-0.1, -0.05) is 13.0 Å².